The number of aromatic nitrogens is 4. The number of pyridine rings is 1. The highest BCUT2D eigenvalue weighted by atomic mass is 32.1. The van der Waals surface area contributed by atoms with Crippen LogP contribution in [0.1, 0.15) is 0 Å². The summed E-state index contributed by atoms with van der Waals surface area (Å²) in [5.41, 5.74) is 37.6. The highest BCUT2D eigenvalue weighted by Gasteiger charge is 2.49. The van der Waals surface area contributed by atoms with Crippen molar-refractivity contribution in [1.29, 1.82) is 0 Å². The SMILES string of the molecule is c1ccc2c(c1)B1N(c3ccccc3-2)c2cc(-c3ccc4oc5ccccc5c4c3)cc3c4ccccc4n1c23.c1ccc2c(c1)B1N(c3ccccc3-2)c2cc(-c3ccc4sc5ccccc5c4c3)cc3c4ccccc4n1c23.c1cnc2c(c1)B1N(c3ccc(-c4ccc5oc6ccccc6c5c4)cc3-2)c2cccc3c4ccccc4n1c23. The zero-order valence-electron chi connectivity index (χ0n) is 64.4. The first-order valence-electron chi connectivity index (χ1n) is 41.3. The fourth-order valence-electron chi connectivity index (χ4n) is 21.7. The Bertz CT molecular complexity index is 8350. The first-order chi connectivity index (χ1) is 59.5. The molecule has 0 atom stereocenters. The molecule has 0 saturated heterocycles. The maximum absolute atomic E-state index is 6.14. The first kappa shape index (κ1) is 64.9. The average Bonchev–Trinajstić information content (AvgIpc) is 1.53. The van der Waals surface area contributed by atoms with Gasteiger partial charge in [-0.15, -0.1) is 11.3 Å². The number of thiophene rings is 1. The van der Waals surface area contributed by atoms with Gasteiger partial charge in [-0.1, -0.05) is 237 Å². The summed E-state index contributed by atoms with van der Waals surface area (Å²) in [7, 11) is 0. The van der Waals surface area contributed by atoms with Crippen LogP contribution in [0.15, 0.2) is 385 Å². The van der Waals surface area contributed by atoms with Crippen LogP contribution in [-0.2, 0) is 0 Å². The van der Waals surface area contributed by atoms with Crippen LogP contribution in [0.5, 0.6) is 0 Å². The lowest BCUT2D eigenvalue weighted by molar-refractivity contribution is 0.668. The maximum Gasteiger partial charge on any atom is 0.423 e. The lowest BCUT2D eigenvalue weighted by Crippen LogP contribution is -2.51. The molecule has 0 aliphatic carbocycles. The van der Waals surface area contributed by atoms with Crippen LogP contribution in [0.4, 0.5) is 34.1 Å². The van der Waals surface area contributed by atoms with Crippen LogP contribution in [-0.4, -0.2) is 39.4 Å². The van der Waals surface area contributed by atoms with Gasteiger partial charge in [0, 0.05) is 131 Å². The maximum atomic E-state index is 6.14. The van der Waals surface area contributed by atoms with Gasteiger partial charge in [-0.3, -0.25) is 4.98 Å². The minimum Gasteiger partial charge on any atom is -0.456 e. The molecule has 7 aromatic heterocycles. The van der Waals surface area contributed by atoms with Gasteiger partial charge in [-0.2, -0.15) is 0 Å². The predicted molar refractivity (Wildman–Crippen MR) is 504 cm³/mol. The Hall–Kier alpha value is -15.3. The summed E-state index contributed by atoms with van der Waals surface area (Å²) < 4.78 is 22.6. The zero-order chi connectivity index (χ0) is 77.8. The van der Waals surface area contributed by atoms with Crippen LogP contribution < -0.4 is 30.8 Å². The molecule has 13 heteroatoms. The molecule has 0 saturated carbocycles. The number of hydrogen-bond donors (Lipinski definition) is 0. The lowest BCUT2D eigenvalue weighted by Gasteiger charge is -2.34. The van der Waals surface area contributed by atoms with Crippen molar-refractivity contribution in [3.05, 3.63) is 376 Å². The Morgan fingerprint density at radius 3 is 1.20 bits per heavy atom. The molecule has 0 radical (unpaired) electrons. The molecule has 17 aromatic carbocycles. The number of fused-ring (bicyclic) bond motifs is 42. The average molecular weight is 1540 g/mol. The highest BCUT2D eigenvalue weighted by Crippen LogP contribution is 2.55. The first-order valence-corrected chi connectivity index (χ1v) is 42.1. The standard InChI is InChI=1S/C36H21BN2O.C36H21BN2S.C35H20BN3O/c2*1-5-13-30-24(9-1)25-10-2-6-14-31(25)38-33-21-23(20-29-26-11-3-7-15-32(26)39(36(29)33)37(30)38)22-17-18-35-28(19-22)27-12-4-8-16-34(27)40-35;1-3-11-29-23(7-1)25-9-5-12-31-35(25)39(29)36-28-10-6-18-37-34(28)27-20-21(14-16-30(27)38(31)36)22-15-17-33-26(19-22)24-8-2-4-13-32(24)40-33/h2*1-21H;1-20H. The van der Waals surface area contributed by atoms with E-state index in [1.54, 1.807) is 0 Å². The Balaban J connectivity index is 0.0000000931. The molecular formula is C107H62B3N7O2S. The molecule has 30 rings (SSSR count). The Morgan fingerprint density at radius 1 is 0.225 bits per heavy atom. The fraction of sp³-hybridized carbons (Fsp3) is 0. The van der Waals surface area contributed by atoms with Gasteiger partial charge in [0.25, 0.3) is 0 Å². The van der Waals surface area contributed by atoms with Crippen molar-refractivity contribution in [2.45, 2.75) is 0 Å². The van der Waals surface area contributed by atoms with E-state index in [4.69, 9.17) is 13.8 Å². The van der Waals surface area contributed by atoms with Crippen LogP contribution >= 0.6 is 11.3 Å². The third-order valence-corrected chi connectivity index (χ3v) is 27.8. The van der Waals surface area contributed by atoms with Crippen molar-refractivity contribution < 1.29 is 8.83 Å². The van der Waals surface area contributed by atoms with Crippen molar-refractivity contribution in [3.63, 3.8) is 0 Å². The molecule has 0 spiro atoms. The summed E-state index contributed by atoms with van der Waals surface area (Å²) in [6.07, 6.45) is 1.92. The van der Waals surface area contributed by atoms with E-state index in [0.29, 0.717) is 0 Å². The second kappa shape index (κ2) is 24.2. The minimum atomic E-state index is 0.0236. The number of rotatable bonds is 3. The van der Waals surface area contributed by atoms with E-state index in [-0.39, 0.29) is 20.9 Å². The molecular weight excluding hydrogens is 1480 g/mol. The third kappa shape index (κ3) is 8.79. The summed E-state index contributed by atoms with van der Waals surface area (Å²) in [6, 6.07) is 135. The molecule has 552 valence electrons. The van der Waals surface area contributed by atoms with E-state index in [9.17, 15) is 0 Å². The van der Waals surface area contributed by atoms with E-state index >= 15 is 0 Å². The molecule has 0 bridgehead atoms. The van der Waals surface area contributed by atoms with Crippen molar-refractivity contribution in [2.75, 3.05) is 14.4 Å². The van der Waals surface area contributed by atoms with Gasteiger partial charge in [0.15, 0.2) is 0 Å². The van der Waals surface area contributed by atoms with Gasteiger partial charge in [0.1, 0.15) is 22.3 Å². The van der Waals surface area contributed by atoms with Crippen LogP contribution in [0.3, 0.4) is 0 Å². The fourth-order valence-corrected chi connectivity index (χ4v) is 22.8. The van der Waals surface area contributed by atoms with E-state index < -0.39 is 0 Å². The Morgan fingerprint density at radius 2 is 0.608 bits per heavy atom. The summed E-state index contributed by atoms with van der Waals surface area (Å²) in [6.45, 7) is 0.177. The molecule has 0 N–H and O–H groups in total. The quantitative estimate of drug-likeness (QED) is 0.164. The highest BCUT2D eigenvalue weighted by molar-refractivity contribution is 7.25. The number of benzene rings is 17. The second-order valence-corrected chi connectivity index (χ2v) is 33.7. The van der Waals surface area contributed by atoms with Crippen molar-refractivity contribution in [3.8, 4) is 66.9 Å². The van der Waals surface area contributed by atoms with Gasteiger partial charge in [0.05, 0.1) is 39.3 Å². The smallest absolute Gasteiger partial charge is 0.423 e. The zero-order valence-corrected chi connectivity index (χ0v) is 65.2. The van der Waals surface area contributed by atoms with Crippen molar-refractivity contribution >= 4 is 212 Å². The summed E-state index contributed by atoms with van der Waals surface area (Å²) >= 11 is 1.88. The van der Waals surface area contributed by atoms with E-state index in [2.05, 4.69) is 374 Å². The molecule has 0 unspecified atom stereocenters. The Kier molecular flexibility index (Phi) is 13.1. The van der Waals surface area contributed by atoms with Crippen LogP contribution in [0, 0.1) is 0 Å². The van der Waals surface area contributed by atoms with E-state index in [0.717, 1.165) is 55.1 Å². The largest absolute Gasteiger partial charge is 0.456 e. The predicted octanol–water partition coefficient (Wildman–Crippen LogP) is 26.1. The van der Waals surface area contributed by atoms with Gasteiger partial charge >= 0.3 is 20.9 Å². The molecule has 6 aliphatic heterocycles. The van der Waals surface area contributed by atoms with Crippen LogP contribution in [0.2, 0.25) is 0 Å². The number of nitrogens with zero attached hydrogens (tertiary/aromatic N) is 7. The number of anilines is 6. The van der Waals surface area contributed by atoms with Crippen molar-refractivity contribution in [2.24, 2.45) is 0 Å². The third-order valence-electron chi connectivity index (χ3n) is 26.7. The Labute approximate surface area is 692 Å². The minimum absolute atomic E-state index is 0.0236. The summed E-state index contributed by atoms with van der Waals surface area (Å²) in [4.78, 5) is 12.6. The molecule has 24 aromatic rings. The van der Waals surface area contributed by atoms with E-state index in [1.807, 2.05) is 41.8 Å². The van der Waals surface area contributed by atoms with Gasteiger partial charge in [-0.05, 0) is 194 Å². The molecule has 6 aliphatic rings. The molecule has 120 heavy (non-hydrogen) atoms. The summed E-state index contributed by atoms with van der Waals surface area (Å²) in [5.74, 6) is 0. The monoisotopic (exact) mass is 1540 g/mol. The lowest BCUT2D eigenvalue weighted by atomic mass is 9.60. The topological polar surface area (TPSA) is 63.7 Å². The molecule has 0 amide bonds. The van der Waals surface area contributed by atoms with E-state index in [1.165, 1.54) is 192 Å². The van der Waals surface area contributed by atoms with Gasteiger partial charge in [-0.25, -0.2) is 0 Å². The second-order valence-electron chi connectivity index (χ2n) is 32.7. The number of furan rings is 2. The van der Waals surface area contributed by atoms with Gasteiger partial charge in [0.2, 0.25) is 0 Å². The number of hydrogen-bond acceptors (Lipinski definition) is 7. The number of para-hydroxylation sites is 8. The molecule has 13 heterocycles. The molecule has 0 fully saturated rings. The van der Waals surface area contributed by atoms with Crippen LogP contribution in [0.25, 0.3) is 196 Å². The van der Waals surface area contributed by atoms with Crippen molar-refractivity contribution in [1.82, 2.24) is 18.4 Å². The summed E-state index contributed by atoms with van der Waals surface area (Å²) in [5, 5.41) is 15.1. The molecule has 9 nitrogen and oxygen atoms in total. The van der Waals surface area contributed by atoms with Gasteiger partial charge < -0.3 is 36.7 Å². The normalized spacial score (nSPS) is 13.4.